The molecule has 1 aromatic carbocycles. The van der Waals surface area contributed by atoms with Gasteiger partial charge in [-0.2, -0.15) is 4.31 Å². The zero-order chi connectivity index (χ0) is 20.1. The number of amides is 1. The summed E-state index contributed by atoms with van der Waals surface area (Å²) in [4.78, 5) is 17.9. The fraction of sp³-hybridized carbons (Fsp3) is 0.333. The summed E-state index contributed by atoms with van der Waals surface area (Å²) in [7, 11) is -2.54. The topological polar surface area (TPSA) is 91.8 Å². The van der Waals surface area contributed by atoms with Crippen LogP contribution in [0.25, 0.3) is 0 Å². The second-order valence-corrected chi connectivity index (χ2v) is 8.31. The number of ether oxygens (including phenoxy) is 1. The van der Waals surface area contributed by atoms with Gasteiger partial charge in [-0.05, 0) is 30.3 Å². The average molecular weight is 408 g/mol. The molecule has 0 unspecified atom stereocenters. The molecular formula is C18H21FN4O4S. The summed E-state index contributed by atoms with van der Waals surface area (Å²) in [6.07, 6.45) is 2.67. The number of hydrogen-bond acceptors (Lipinski definition) is 6. The highest BCUT2D eigenvalue weighted by atomic mass is 32.2. The summed E-state index contributed by atoms with van der Waals surface area (Å²) < 4.78 is 45.4. The van der Waals surface area contributed by atoms with Crippen molar-refractivity contribution >= 4 is 27.3 Å². The third-order valence-corrected chi connectivity index (χ3v) is 6.08. The van der Waals surface area contributed by atoms with Crippen molar-refractivity contribution in [3.05, 3.63) is 48.5 Å². The van der Waals surface area contributed by atoms with Crippen LogP contribution in [-0.2, 0) is 19.6 Å². The highest BCUT2D eigenvalue weighted by molar-refractivity contribution is 7.89. The molecule has 2 aromatic rings. The van der Waals surface area contributed by atoms with E-state index in [9.17, 15) is 17.6 Å². The van der Waals surface area contributed by atoms with Crippen molar-refractivity contribution in [2.45, 2.75) is 4.90 Å². The lowest BCUT2D eigenvalue weighted by Gasteiger charge is -2.29. The van der Waals surface area contributed by atoms with Gasteiger partial charge in [-0.25, -0.2) is 12.8 Å². The Kier molecular flexibility index (Phi) is 6.22. The Labute approximate surface area is 163 Å². The Morgan fingerprint density at radius 2 is 2.07 bits per heavy atom. The van der Waals surface area contributed by atoms with Gasteiger partial charge in [-0.15, -0.1) is 0 Å². The first-order valence-corrected chi connectivity index (χ1v) is 10.1. The molecule has 1 saturated heterocycles. The maximum atomic E-state index is 14.4. The molecule has 2 heterocycles. The number of rotatable bonds is 6. The molecule has 0 aliphatic carbocycles. The molecule has 3 rings (SSSR count). The fourth-order valence-corrected chi connectivity index (χ4v) is 3.90. The van der Waals surface area contributed by atoms with E-state index < -0.39 is 28.3 Å². The van der Waals surface area contributed by atoms with Crippen LogP contribution in [0.5, 0.6) is 0 Å². The second kappa shape index (κ2) is 8.63. The molecule has 1 amide bonds. The Bertz CT molecular complexity index is 934. The minimum atomic E-state index is -3.84. The summed E-state index contributed by atoms with van der Waals surface area (Å²) in [5.74, 6) is -1.04. The van der Waals surface area contributed by atoms with E-state index in [4.69, 9.17) is 4.74 Å². The molecule has 1 fully saturated rings. The number of nitrogens with one attached hydrogen (secondary N) is 1. The van der Waals surface area contributed by atoms with E-state index >= 15 is 0 Å². The van der Waals surface area contributed by atoms with Crippen LogP contribution >= 0.6 is 0 Å². The van der Waals surface area contributed by atoms with Crippen LogP contribution in [0.1, 0.15) is 0 Å². The van der Waals surface area contributed by atoms with Gasteiger partial charge in [0.25, 0.3) is 0 Å². The van der Waals surface area contributed by atoms with Crippen molar-refractivity contribution in [1.82, 2.24) is 9.29 Å². The molecule has 1 aliphatic rings. The minimum absolute atomic E-state index is 0.00814. The quantitative estimate of drug-likeness (QED) is 0.775. The zero-order valence-corrected chi connectivity index (χ0v) is 16.2. The number of carbonyl (C=O) groups is 1. The molecule has 10 heteroatoms. The smallest absolute Gasteiger partial charge is 0.244 e. The Morgan fingerprint density at radius 1 is 1.32 bits per heavy atom. The molecule has 0 bridgehead atoms. The average Bonchev–Trinajstić information content (AvgIpc) is 2.69. The highest BCUT2D eigenvalue weighted by Gasteiger charge is 2.23. The summed E-state index contributed by atoms with van der Waals surface area (Å²) in [6.45, 7) is 1.86. The maximum Gasteiger partial charge on any atom is 0.244 e. The van der Waals surface area contributed by atoms with Crippen molar-refractivity contribution in [2.75, 3.05) is 50.1 Å². The first-order chi connectivity index (χ1) is 13.4. The van der Waals surface area contributed by atoms with Gasteiger partial charge in [-0.3, -0.25) is 9.78 Å². The van der Waals surface area contributed by atoms with Gasteiger partial charge < -0.3 is 15.0 Å². The van der Waals surface area contributed by atoms with E-state index in [1.54, 1.807) is 12.1 Å². The molecule has 1 N–H and O–H groups in total. The predicted octanol–water partition coefficient (Wildman–Crippen LogP) is 1.32. The maximum absolute atomic E-state index is 14.4. The van der Waals surface area contributed by atoms with Crippen molar-refractivity contribution in [1.29, 1.82) is 0 Å². The van der Waals surface area contributed by atoms with Crippen LogP contribution < -0.4 is 10.2 Å². The number of aromatic nitrogens is 1. The number of benzene rings is 1. The molecule has 1 aromatic heterocycles. The van der Waals surface area contributed by atoms with E-state index in [1.807, 2.05) is 4.90 Å². The summed E-state index contributed by atoms with van der Waals surface area (Å²) >= 11 is 0. The second-order valence-electron chi connectivity index (χ2n) is 6.26. The predicted molar refractivity (Wildman–Crippen MR) is 102 cm³/mol. The van der Waals surface area contributed by atoms with Crippen molar-refractivity contribution < 1.29 is 22.3 Å². The standard InChI is InChI=1S/C18H21FN4O4S/c1-22(28(25,26)15-3-2-6-20-12-15)13-18(24)21-14-4-5-17(16(19)11-14)23-7-9-27-10-8-23/h2-6,11-12H,7-10,13H2,1H3,(H,21,24). The van der Waals surface area contributed by atoms with Crippen molar-refractivity contribution in [3.63, 3.8) is 0 Å². The van der Waals surface area contributed by atoms with Crippen LogP contribution in [0.3, 0.4) is 0 Å². The molecule has 150 valence electrons. The third-order valence-electron chi connectivity index (χ3n) is 4.29. The number of sulfonamides is 1. The molecule has 1 aliphatic heterocycles. The number of morpholine rings is 1. The molecule has 28 heavy (non-hydrogen) atoms. The largest absolute Gasteiger partial charge is 0.378 e. The number of likely N-dealkylation sites (N-methyl/N-ethyl adjacent to an activating group) is 1. The SMILES string of the molecule is CN(CC(=O)Nc1ccc(N2CCOCC2)c(F)c1)S(=O)(=O)c1cccnc1. The molecule has 8 nitrogen and oxygen atoms in total. The zero-order valence-electron chi connectivity index (χ0n) is 15.3. The first kappa shape index (κ1) is 20.2. The van der Waals surface area contributed by atoms with Crippen molar-refractivity contribution in [3.8, 4) is 0 Å². The Balaban J connectivity index is 1.64. The van der Waals surface area contributed by atoms with Gasteiger partial charge in [0.05, 0.1) is 25.4 Å². The van der Waals surface area contributed by atoms with E-state index in [0.29, 0.717) is 32.0 Å². The number of anilines is 2. The first-order valence-electron chi connectivity index (χ1n) is 8.66. The van der Waals surface area contributed by atoms with E-state index in [0.717, 1.165) is 4.31 Å². The number of halogens is 1. The highest BCUT2D eigenvalue weighted by Crippen LogP contribution is 2.24. The number of nitrogens with zero attached hydrogens (tertiary/aromatic N) is 3. The van der Waals surface area contributed by atoms with Crippen LogP contribution in [0, 0.1) is 5.82 Å². The molecular weight excluding hydrogens is 387 g/mol. The Hall–Kier alpha value is -2.56. The van der Waals surface area contributed by atoms with Gasteiger partial charge in [0, 0.05) is 38.2 Å². The summed E-state index contributed by atoms with van der Waals surface area (Å²) in [5.41, 5.74) is 0.698. The van der Waals surface area contributed by atoms with Crippen LogP contribution in [0.2, 0.25) is 0 Å². The third kappa shape index (κ3) is 4.64. The summed E-state index contributed by atoms with van der Waals surface area (Å²) in [6, 6.07) is 7.29. The van der Waals surface area contributed by atoms with Gasteiger partial charge in [0.15, 0.2) is 0 Å². The fourth-order valence-electron chi connectivity index (χ4n) is 2.81. The lowest BCUT2D eigenvalue weighted by Crippen LogP contribution is -2.36. The number of carbonyl (C=O) groups excluding carboxylic acids is 1. The normalized spacial score (nSPS) is 14.9. The van der Waals surface area contributed by atoms with Crippen LogP contribution in [0.15, 0.2) is 47.6 Å². The van der Waals surface area contributed by atoms with Gasteiger partial charge >= 0.3 is 0 Å². The lowest BCUT2D eigenvalue weighted by atomic mass is 10.2. The molecule has 0 radical (unpaired) electrons. The molecule has 0 spiro atoms. The minimum Gasteiger partial charge on any atom is -0.378 e. The molecule has 0 atom stereocenters. The summed E-state index contributed by atoms with van der Waals surface area (Å²) in [5, 5.41) is 2.52. The number of hydrogen-bond donors (Lipinski definition) is 1. The van der Waals surface area contributed by atoms with E-state index in [1.165, 1.54) is 37.6 Å². The lowest BCUT2D eigenvalue weighted by molar-refractivity contribution is -0.116. The Morgan fingerprint density at radius 3 is 2.71 bits per heavy atom. The van der Waals surface area contributed by atoms with Gasteiger partial charge in [0.2, 0.25) is 15.9 Å². The molecule has 0 saturated carbocycles. The van der Waals surface area contributed by atoms with Gasteiger partial charge in [0.1, 0.15) is 10.7 Å². The van der Waals surface area contributed by atoms with Crippen molar-refractivity contribution in [2.24, 2.45) is 0 Å². The van der Waals surface area contributed by atoms with E-state index in [-0.39, 0.29) is 10.6 Å². The van der Waals surface area contributed by atoms with E-state index in [2.05, 4.69) is 10.3 Å². The number of pyridine rings is 1. The van der Waals surface area contributed by atoms with Gasteiger partial charge in [-0.1, -0.05) is 0 Å². The monoisotopic (exact) mass is 408 g/mol. The van der Waals surface area contributed by atoms with Crippen LogP contribution in [-0.4, -0.2) is 63.5 Å². The van der Waals surface area contributed by atoms with Crippen LogP contribution in [0.4, 0.5) is 15.8 Å².